The molecule has 0 aromatic heterocycles. The number of para-hydroxylation sites is 1. The molecule has 0 spiro atoms. The largest absolute Gasteiger partial charge is 0.481 e. The van der Waals surface area contributed by atoms with Crippen molar-refractivity contribution in [1.29, 1.82) is 0 Å². The van der Waals surface area contributed by atoms with E-state index in [1.54, 1.807) is 6.92 Å². The molecule has 1 N–H and O–H groups in total. The summed E-state index contributed by atoms with van der Waals surface area (Å²) in [6.07, 6.45) is 4.21. The normalized spacial score (nSPS) is 17.7. The number of nitrogens with one attached hydrogen (secondary N) is 1. The zero-order chi connectivity index (χ0) is 12.1. The van der Waals surface area contributed by atoms with E-state index in [1.807, 2.05) is 30.3 Å². The molecule has 1 aromatic carbocycles. The molecule has 1 unspecified atom stereocenters. The number of hydrogen-bond donors (Lipinski definition) is 1. The van der Waals surface area contributed by atoms with Crippen molar-refractivity contribution in [2.24, 2.45) is 0 Å². The Morgan fingerprint density at radius 3 is 2.59 bits per heavy atom. The van der Waals surface area contributed by atoms with Gasteiger partial charge in [-0.2, -0.15) is 0 Å². The molecule has 1 atom stereocenters. The van der Waals surface area contributed by atoms with Crippen LogP contribution in [0.25, 0.3) is 0 Å². The maximum atomic E-state index is 11.9. The highest BCUT2D eigenvalue weighted by atomic mass is 16.5. The molecule has 92 valence electrons. The summed E-state index contributed by atoms with van der Waals surface area (Å²) in [5, 5.41) is 3.03. The van der Waals surface area contributed by atoms with Crippen molar-refractivity contribution >= 4 is 5.91 Å². The third kappa shape index (κ3) is 3.48. The monoisotopic (exact) mass is 233 g/mol. The van der Waals surface area contributed by atoms with E-state index in [1.165, 1.54) is 12.8 Å². The minimum atomic E-state index is -0.432. The van der Waals surface area contributed by atoms with Gasteiger partial charge in [0.25, 0.3) is 5.91 Å². The van der Waals surface area contributed by atoms with Crippen LogP contribution in [-0.2, 0) is 4.79 Å². The second-order valence-corrected chi connectivity index (χ2v) is 4.56. The second kappa shape index (κ2) is 5.71. The highest BCUT2D eigenvalue weighted by Crippen LogP contribution is 2.18. The molecule has 0 saturated heterocycles. The molecule has 1 aliphatic rings. The van der Waals surface area contributed by atoms with Crippen LogP contribution in [-0.4, -0.2) is 18.1 Å². The first kappa shape index (κ1) is 12.0. The summed E-state index contributed by atoms with van der Waals surface area (Å²) >= 11 is 0. The van der Waals surface area contributed by atoms with Crippen molar-refractivity contribution in [1.82, 2.24) is 5.32 Å². The average molecular weight is 233 g/mol. The van der Waals surface area contributed by atoms with Crippen molar-refractivity contribution < 1.29 is 9.53 Å². The molecule has 1 amide bonds. The third-order valence-corrected chi connectivity index (χ3v) is 3.13. The number of hydrogen-bond acceptors (Lipinski definition) is 2. The van der Waals surface area contributed by atoms with Crippen molar-refractivity contribution in [3.8, 4) is 5.75 Å². The molecule has 3 heteroatoms. The third-order valence-electron chi connectivity index (χ3n) is 3.13. The van der Waals surface area contributed by atoms with Crippen molar-refractivity contribution in [3.05, 3.63) is 30.3 Å². The number of carbonyl (C=O) groups excluding carboxylic acids is 1. The molecular weight excluding hydrogens is 214 g/mol. The minimum Gasteiger partial charge on any atom is -0.481 e. The first-order valence-electron chi connectivity index (χ1n) is 6.28. The van der Waals surface area contributed by atoms with Crippen LogP contribution in [0.15, 0.2) is 30.3 Å². The number of benzene rings is 1. The lowest BCUT2D eigenvalue weighted by Crippen LogP contribution is -2.41. The number of carbonyl (C=O) groups is 1. The van der Waals surface area contributed by atoms with E-state index in [0.717, 1.165) is 18.6 Å². The van der Waals surface area contributed by atoms with E-state index < -0.39 is 6.10 Å². The predicted molar refractivity (Wildman–Crippen MR) is 66.9 cm³/mol. The van der Waals surface area contributed by atoms with Gasteiger partial charge in [-0.15, -0.1) is 0 Å². The Kier molecular flexibility index (Phi) is 4.02. The van der Waals surface area contributed by atoms with Crippen LogP contribution in [0.3, 0.4) is 0 Å². The van der Waals surface area contributed by atoms with Gasteiger partial charge in [0.2, 0.25) is 0 Å². The van der Waals surface area contributed by atoms with Gasteiger partial charge in [-0.3, -0.25) is 4.79 Å². The van der Waals surface area contributed by atoms with Crippen LogP contribution in [0.4, 0.5) is 0 Å². The number of rotatable bonds is 4. The Morgan fingerprint density at radius 1 is 1.29 bits per heavy atom. The summed E-state index contributed by atoms with van der Waals surface area (Å²) in [6.45, 7) is 1.79. The van der Waals surface area contributed by atoms with Crippen molar-refractivity contribution in [3.63, 3.8) is 0 Å². The molecule has 1 fully saturated rings. The number of ether oxygens (including phenoxy) is 1. The molecule has 0 aliphatic heterocycles. The lowest BCUT2D eigenvalue weighted by Gasteiger charge is -2.17. The van der Waals surface area contributed by atoms with Crippen LogP contribution in [0.1, 0.15) is 32.6 Å². The number of amides is 1. The Bertz CT molecular complexity index is 358. The van der Waals surface area contributed by atoms with E-state index in [0.29, 0.717) is 6.04 Å². The zero-order valence-electron chi connectivity index (χ0n) is 10.2. The molecule has 0 bridgehead atoms. The summed E-state index contributed by atoms with van der Waals surface area (Å²) in [7, 11) is 0. The van der Waals surface area contributed by atoms with Gasteiger partial charge < -0.3 is 10.1 Å². The van der Waals surface area contributed by atoms with E-state index in [-0.39, 0.29) is 5.91 Å². The summed E-state index contributed by atoms with van der Waals surface area (Å²) < 4.78 is 5.57. The van der Waals surface area contributed by atoms with E-state index in [9.17, 15) is 4.79 Å². The maximum absolute atomic E-state index is 11.9. The highest BCUT2D eigenvalue weighted by molar-refractivity contribution is 5.81. The molecule has 17 heavy (non-hydrogen) atoms. The Hall–Kier alpha value is -1.51. The van der Waals surface area contributed by atoms with Crippen LogP contribution >= 0.6 is 0 Å². The zero-order valence-corrected chi connectivity index (χ0v) is 10.2. The summed E-state index contributed by atoms with van der Waals surface area (Å²) in [5.74, 6) is 0.724. The van der Waals surface area contributed by atoms with Crippen molar-refractivity contribution in [2.45, 2.75) is 44.8 Å². The molecule has 1 saturated carbocycles. The van der Waals surface area contributed by atoms with Gasteiger partial charge in [-0.1, -0.05) is 31.0 Å². The predicted octanol–water partition coefficient (Wildman–Crippen LogP) is 2.51. The van der Waals surface area contributed by atoms with Crippen LogP contribution in [0.5, 0.6) is 5.75 Å². The average Bonchev–Trinajstić information content (AvgIpc) is 2.83. The van der Waals surface area contributed by atoms with Gasteiger partial charge >= 0.3 is 0 Å². The smallest absolute Gasteiger partial charge is 0.260 e. The van der Waals surface area contributed by atoms with Crippen LogP contribution in [0, 0.1) is 0 Å². The molecule has 1 aromatic rings. The van der Waals surface area contributed by atoms with Crippen LogP contribution < -0.4 is 10.1 Å². The molecule has 2 rings (SSSR count). The molecule has 1 aliphatic carbocycles. The fourth-order valence-corrected chi connectivity index (χ4v) is 2.15. The Labute approximate surface area is 102 Å². The standard InChI is InChI=1S/C14H19NO2/c1-11(17-13-9-3-2-4-10-13)14(16)15-12-7-5-6-8-12/h2-4,9-12H,5-8H2,1H3,(H,15,16). The fraction of sp³-hybridized carbons (Fsp3) is 0.500. The quantitative estimate of drug-likeness (QED) is 0.867. The van der Waals surface area contributed by atoms with E-state index >= 15 is 0 Å². The molecule has 3 nitrogen and oxygen atoms in total. The van der Waals surface area contributed by atoms with Gasteiger partial charge in [0.15, 0.2) is 6.10 Å². The fourth-order valence-electron chi connectivity index (χ4n) is 2.15. The van der Waals surface area contributed by atoms with Gasteiger partial charge in [0.1, 0.15) is 5.75 Å². The highest BCUT2D eigenvalue weighted by Gasteiger charge is 2.21. The van der Waals surface area contributed by atoms with Gasteiger partial charge in [-0.05, 0) is 31.9 Å². The van der Waals surface area contributed by atoms with E-state index in [4.69, 9.17) is 4.74 Å². The molecule has 0 heterocycles. The van der Waals surface area contributed by atoms with E-state index in [2.05, 4.69) is 5.32 Å². The van der Waals surface area contributed by atoms with Gasteiger partial charge in [0, 0.05) is 6.04 Å². The van der Waals surface area contributed by atoms with Gasteiger partial charge in [0.05, 0.1) is 0 Å². The topological polar surface area (TPSA) is 38.3 Å². The maximum Gasteiger partial charge on any atom is 0.260 e. The second-order valence-electron chi connectivity index (χ2n) is 4.56. The lowest BCUT2D eigenvalue weighted by atomic mass is 10.2. The van der Waals surface area contributed by atoms with Crippen LogP contribution in [0.2, 0.25) is 0 Å². The summed E-state index contributed by atoms with van der Waals surface area (Å²) in [6, 6.07) is 9.80. The molecule has 0 radical (unpaired) electrons. The van der Waals surface area contributed by atoms with Crippen molar-refractivity contribution in [2.75, 3.05) is 0 Å². The lowest BCUT2D eigenvalue weighted by molar-refractivity contribution is -0.127. The molecular formula is C14H19NO2. The Morgan fingerprint density at radius 2 is 1.94 bits per heavy atom. The van der Waals surface area contributed by atoms with Gasteiger partial charge in [-0.25, -0.2) is 0 Å². The Balaban J connectivity index is 1.82. The first-order valence-corrected chi connectivity index (χ1v) is 6.28. The summed E-state index contributed by atoms with van der Waals surface area (Å²) in [4.78, 5) is 11.9. The first-order chi connectivity index (χ1) is 8.25. The SMILES string of the molecule is CC(Oc1ccccc1)C(=O)NC1CCCC1. The minimum absolute atomic E-state index is 0.0132. The summed E-state index contributed by atoms with van der Waals surface area (Å²) in [5.41, 5.74) is 0.